The third-order valence-corrected chi connectivity index (χ3v) is 6.36. The molecule has 0 aromatic heterocycles. The van der Waals surface area contributed by atoms with Gasteiger partial charge in [0.1, 0.15) is 5.82 Å². The number of carbonyl (C=O) groups excluding carboxylic acids is 2. The number of halogens is 1. The summed E-state index contributed by atoms with van der Waals surface area (Å²) in [5.41, 5.74) is 1.44. The van der Waals surface area contributed by atoms with Crippen LogP contribution < -0.4 is 10.0 Å². The van der Waals surface area contributed by atoms with Gasteiger partial charge in [-0.25, -0.2) is 12.8 Å². The Bertz CT molecular complexity index is 1000. The van der Waals surface area contributed by atoms with Crippen LogP contribution in [0.2, 0.25) is 0 Å². The van der Waals surface area contributed by atoms with E-state index in [1.54, 1.807) is 36.1 Å². The van der Waals surface area contributed by atoms with Crippen molar-refractivity contribution in [2.45, 2.75) is 19.8 Å². The molecule has 0 atom stereocenters. The lowest BCUT2D eigenvalue weighted by atomic mass is 9.95. The molecule has 2 amide bonds. The molecule has 2 aromatic carbocycles. The quantitative estimate of drug-likeness (QED) is 0.732. The molecular weight excluding hydrogens is 409 g/mol. The summed E-state index contributed by atoms with van der Waals surface area (Å²) in [6.45, 7) is 2.45. The van der Waals surface area contributed by atoms with Gasteiger partial charge in [-0.3, -0.25) is 14.3 Å². The lowest BCUT2D eigenvalue weighted by molar-refractivity contribution is -0.121. The molecular formula is C21H24FN3O4S. The van der Waals surface area contributed by atoms with E-state index in [0.717, 1.165) is 0 Å². The standard InChI is InChI=1S/C21H24FN3O4S/c1-2-30(28,29)24-19-9-7-18(8-10-19)23-20(26)15-11-13-25(14-12-15)21(27)16-3-5-17(22)6-4-16/h3-10,15,24H,2,11-14H2,1H3,(H,23,26). The topological polar surface area (TPSA) is 95.6 Å². The molecule has 1 fully saturated rings. The molecule has 30 heavy (non-hydrogen) atoms. The lowest BCUT2D eigenvalue weighted by Gasteiger charge is -2.31. The van der Waals surface area contributed by atoms with E-state index in [0.29, 0.717) is 42.9 Å². The summed E-state index contributed by atoms with van der Waals surface area (Å²) in [6, 6.07) is 11.9. The molecule has 1 saturated heterocycles. The highest BCUT2D eigenvalue weighted by Gasteiger charge is 2.28. The molecule has 9 heteroatoms. The van der Waals surface area contributed by atoms with E-state index in [-0.39, 0.29) is 23.5 Å². The average Bonchev–Trinajstić information content (AvgIpc) is 2.75. The number of anilines is 2. The van der Waals surface area contributed by atoms with Crippen molar-refractivity contribution in [3.63, 3.8) is 0 Å². The predicted octanol–water partition coefficient (Wildman–Crippen LogP) is 3.08. The number of nitrogens with one attached hydrogen (secondary N) is 2. The molecule has 0 aliphatic carbocycles. The number of nitrogens with zero attached hydrogens (tertiary/aromatic N) is 1. The van der Waals surface area contributed by atoms with Crippen LogP contribution in [0.4, 0.5) is 15.8 Å². The molecule has 1 aliphatic rings. The number of amides is 2. The van der Waals surface area contributed by atoms with Crippen molar-refractivity contribution < 1.29 is 22.4 Å². The second-order valence-corrected chi connectivity index (χ2v) is 9.16. The monoisotopic (exact) mass is 433 g/mol. The molecule has 0 spiro atoms. The van der Waals surface area contributed by atoms with Gasteiger partial charge in [0.15, 0.2) is 0 Å². The molecule has 0 bridgehead atoms. The first-order chi connectivity index (χ1) is 14.3. The van der Waals surface area contributed by atoms with E-state index in [1.165, 1.54) is 24.3 Å². The van der Waals surface area contributed by atoms with Gasteiger partial charge in [-0.2, -0.15) is 0 Å². The smallest absolute Gasteiger partial charge is 0.253 e. The Morgan fingerprint density at radius 2 is 1.57 bits per heavy atom. The Kier molecular flexibility index (Phi) is 6.71. The second kappa shape index (κ2) is 9.25. The van der Waals surface area contributed by atoms with Crippen molar-refractivity contribution in [1.29, 1.82) is 0 Å². The zero-order valence-corrected chi connectivity index (χ0v) is 17.4. The fraction of sp³-hybridized carbons (Fsp3) is 0.333. The van der Waals surface area contributed by atoms with E-state index < -0.39 is 15.8 Å². The van der Waals surface area contributed by atoms with Gasteiger partial charge in [-0.15, -0.1) is 0 Å². The number of benzene rings is 2. The third kappa shape index (κ3) is 5.56. The lowest BCUT2D eigenvalue weighted by Crippen LogP contribution is -2.41. The highest BCUT2D eigenvalue weighted by molar-refractivity contribution is 7.92. The van der Waals surface area contributed by atoms with Crippen molar-refractivity contribution in [3.8, 4) is 0 Å². The Hall–Kier alpha value is -2.94. The van der Waals surface area contributed by atoms with Crippen LogP contribution in [0.3, 0.4) is 0 Å². The Balaban J connectivity index is 1.51. The summed E-state index contributed by atoms with van der Waals surface area (Å²) in [7, 11) is -3.35. The van der Waals surface area contributed by atoms with Crippen molar-refractivity contribution in [1.82, 2.24) is 4.90 Å². The van der Waals surface area contributed by atoms with Crippen LogP contribution in [0, 0.1) is 11.7 Å². The number of carbonyl (C=O) groups is 2. The Labute approximate surface area is 175 Å². The van der Waals surface area contributed by atoms with Gasteiger partial charge in [-0.05, 0) is 68.3 Å². The van der Waals surface area contributed by atoms with Gasteiger partial charge < -0.3 is 10.2 Å². The molecule has 0 unspecified atom stereocenters. The molecule has 0 saturated carbocycles. The van der Waals surface area contributed by atoms with E-state index in [9.17, 15) is 22.4 Å². The van der Waals surface area contributed by atoms with Gasteiger partial charge in [0.2, 0.25) is 15.9 Å². The molecule has 0 radical (unpaired) electrons. The predicted molar refractivity (Wildman–Crippen MR) is 113 cm³/mol. The first-order valence-electron chi connectivity index (χ1n) is 9.73. The van der Waals surface area contributed by atoms with Crippen molar-refractivity contribution in [2.24, 2.45) is 5.92 Å². The molecule has 2 aromatic rings. The summed E-state index contributed by atoms with van der Waals surface area (Å²) < 4.78 is 38.7. The van der Waals surface area contributed by atoms with Crippen LogP contribution in [-0.4, -0.2) is 44.0 Å². The fourth-order valence-corrected chi connectivity index (χ4v) is 3.88. The van der Waals surface area contributed by atoms with Gasteiger partial charge in [0, 0.05) is 35.9 Å². The number of likely N-dealkylation sites (tertiary alicyclic amines) is 1. The van der Waals surface area contributed by atoms with Crippen LogP contribution >= 0.6 is 0 Å². The van der Waals surface area contributed by atoms with E-state index >= 15 is 0 Å². The number of piperidine rings is 1. The number of sulfonamides is 1. The Morgan fingerprint density at radius 1 is 1.00 bits per heavy atom. The summed E-state index contributed by atoms with van der Waals surface area (Å²) in [5, 5.41) is 2.84. The molecule has 7 nitrogen and oxygen atoms in total. The van der Waals surface area contributed by atoms with Crippen LogP contribution in [0.5, 0.6) is 0 Å². The minimum Gasteiger partial charge on any atom is -0.339 e. The van der Waals surface area contributed by atoms with Crippen LogP contribution in [0.25, 0.3) is 0 Å². The van der Waals surface area contributed by atoms with E-state index in [2.05, 4.69) is 10.0 Å². The Morgan fingerprint density at radius 3 is 2.13 bits per heavy atom. The minimum atomic E-state index is -3.35. The third-order valence-electron chi connectivity index (χ3n) is 5.05. The van der Waals surface area contributed by atoms with Crippen LogP contribution in [0.1, 0.15) is 30.1 Å². The first kappa shape index (κ1) is 21.8. The summed E-state index contributed by atoms with van der Waals surface area (Å²) in [4.78, 5) is 26.7. The van der Waals surface area contributed by atoms with Crippen LogP contribution in [-0.2, 0) is 14.8 Å². The minimum absolute atomic E-state index is 0.0200. The van der Waals surface area contributed by atoms with Crippen molar-refractivity contribution >= 4 is 33.2 Å². The maximum Gasteiger partial charge on any atom is 0.253 e. The maximum absolute atomic E-state index is 13.0. The SMILES string of the molecule is CCS(=O)(=O)Nc1ccc(NC(=O)C2CCN(C(=O)c3ccc(F)cc3)CC2)cc1. The molecule has 160 valence electrons. The van der Waals surface area contributed by atoms with Crippen LogP contribution in [0.15, 0.2) is 48.5 Å². The molecule has 3 rings (SSSR count). The molecule has 2 N–H and O–H groups in total. The van der Waals surface area contributed by atoms with E-state index in [4.69, 9.17) is 0 Å². The number of rotatable bonds is 6. The summed E-state index contributed by atoms with van der Waals surface area (Å²) in [6.07, 6.45) is 1.07. The average molecular weight is 434 g/mol. The number of hydrogen-bond donors (Lipinski definition) is 2. The number of hydrogen-bond acceptors (Lipinski definition) is 4. The van der Waals surface area contributed by atoms with Crippen molar-refractivity contribution in [2.75, 3.05) is 28.9 Å². The van der Waals surface area contributed by atoms with Gasteiger partial charge in [0.25, 0.3) is 5.91 Å². The maximum atomic E-state index is 13.0. The van der Waals surface area contributed by atoms with Gasteiger partial charge >= 0.3 is 0 Å². The molecule has 1 heterocycles. The zero-order chi connectivity index (χ0) is 21.7. The fourth-order valence-electron chi connectivity index (χ4n) is 3.24. The van der Waals surface area contributed by atoms with Gasteiger partial charge in [0.05, 0.1) is 5.75 Å². The largest absolute Gasteiger partial charge is 0.339 e. The normalized spacial score (nSPS) is 14.9. The highest BCUT2D eigenvalue weighted by atomic mass is 32.2. The first-order valence-corrected chi connectivity index (χ1v) is 11.4. The van der Waals surface area contributed by atoms with Crippen molar-refractivity contribution in [3.05, 3.63) is 59.9 Å². The second-order valence-electron chi connectivity index (χ2n) is 7.15. The molecule has 1 aliphatic heterocycles. The highest BCUT2D eigenvalue weighted by Crippen LogP contribution is 2.22. The summed E-state index contributed by atoms with van der Waals surface area (Å²) in [5.74, 6) is -0.934. The van der Waals surface area contributed by atoms with E-state index in [1.807, 2.05) is 0 Å². The summed E-state index contributed by atoms with van der Waals surface area (Å²) >= 11 is 0. The van der Waals surface area contributed by atoms with Gasteiger partial charge in [-0.1, -0.05) is 0 Å². The zero-order valence-electron chi connectivity index (χ0n) is 16.6.